The molecule has 34 heavy (non-hydrogen) atoms. The Bertz CT molecular complexity index is 990. The van der Waals surface area contributed by atoms with Crippen LogP contribution >= 0.6 is 0 Å². The highest BCUT2D eigenvalue weighted by atomic mass is 16.5. The van der Waals surface area contributed by atoms with E-state index in [1.807, 2.05) is 38.1 Å². The molecule has 2 aromatic rings. The highest BCUT2D eigenvalue weighted by Crippen LogP contribution is 2.28. The van der Waals surface area contributed by atoms with Crippen molar-refractivity contribution in [3.63, 3.8) is 0 Å². The number of carbonyl (C=O) groups excluding carboxylic acids is 1. The summed E-state index contributed by atoms with van der Waals surface area (Å²) >= 11 is 0. The summed E-state index contributed by atoms with van der Waals surface area (Å²) in [7, 11) is 0. The van der Waals surface area contributed by atoms with Gasteiger partial charge in [0.25, 0.3) is 5.91 Å². The predicted molar refractivity (Wildman–Crippen MR) is 134 cm³/mol. The van der Waals surface area contributed by atoms with Crippen molar-refractivity contribution in [2.45, 2.75) is 39.5 Å². The number of hydrogen-bond donors (Lipinski definition) is 1. The van der Waals surface area contributed by atoms with Crippen molar-refractivity contribution >= 4 is 5.91 Å². The number of hydrogen-bond acceptors (Lipinski definition) is 5. The van der Waals surface area contributed by atoms with Gasteiger partial charge < -0.3 is 19.7 Å². The average molecular weight is 462 g/mol. The molecule has 0 radical (unpaired) electrons. The fourth-order valence-electron chi connectivity index (χ4n) is 4.24. The van der Waals surface area contributed by atoms with Crippen molar-refractivity contribution in [1.29, 1.82) is 5.26 Å². The SMILES string of the molecule is CCOc1ccc(CCN/C=C(/C#N)C(=O)N2CCC(Cc3ccccc3)CC2)cc1OCC. The number of nitrogens with zero attached hydrogens (tertiary/aromatic N) is 2. The maximum Gasteiger partial charge on any atom is 0.265 e. The van der Waals surface area contributed by atoms with Crippen LogP contribution in [0, 0.1) is 17.2 Å². The summed E-state index contributed by atoms with van der Waals surface area (Å²) in [5.41, 5.74) is 2.59. The van der Waals surface area contributed by atoms with E-state index < -0.39 is 0 Å². The highest BCUT2D eigenvalue weighted by Gasteiger charge is 2.25. The Morgan fingerprint density at radius 3 is 2.44 bits per heavy atom. The largest absolute Gasteiger partial charge is 0.490 e. The lowest BCUT2D eigenvalue weighted by atomic mass is 9.90. The van der Waals surface area contributed by atoms with E-state index in [1.165, 1.54) is 5.56 Å². The number of nitriles is 1. The second kappa shape index (κ2) is 13.3. The van der Waals surface area contributed by atoms with E-state index in [0.29, 0.717) is 38.8 Å². The number of benzene rings is 2. The molecule has 0 spiro atoms. The summed E-state index contributed by atoms with van der Waals surface area (Å²) in [6, 6.07) is 18.5. The van der Waals surface area contributed by atoms with Gasteiger partial charge in [-0.25, -0.2) is 0 Å². The first-order chi connectivity index (χ1) is 16.6. The molecule has 3 rings (SSSR count). The molecule has 0 atom stereocenters. The topological polar surface area (TPSA) is 74.6 Å². The van der Waals surface area contributed by atoms with E-state index in [2.05, 4.69) is 35.7 Å². The monoisotopic (exact) mass is 461 g/mol. The molecule has 0 saturated carbocycles. The summed E-state index contributed by atoms with van der Waals surface area (Å²) in [4.78, 5) is 14.6. The van der Waals surface area contributed by atoms with Crippen LogP contribution in [0.2, 0.25) is 0 Å². The Labute approximate surface area is 203 Å². The van der Waals surface area contributed by atoms with Crippen LogP contribution in [0.5, 0.6) is 11.5 Å². The third kappa shape index (κ3) is 7.28. The first-order valence-electron chi connectivity index (χ1n) is 12.2. The van der Waals surface area contributed by atoms with Crippen molar-refractivity contribution in [2.75, 3.05) is 32.8 Å². The first kappa shape index (κ1) is 25.2. The molecule has 180 valence electrons. The molecule has 1 aliphatic rings. The number of carbonyl (C=O) groups is 1. The maximum absolute atomic E-state index is 12.8. The Hall–Kier alpha value is -3.46. The normalized spacial score (nSPS) is 14.4. The van der Waals surface area contributed by atoms with E-state index in [1.54, 1.807) is 11.1 Å². The van der Waals surface area contributed by atoms with Crippen LogP contribution in [-0.4, -0.2) is 43.7 Å². The van der Waals surface area contributed by atoms with Gasteiger partial charge in [-0.15, -0.1) is 0 Å². The van der Waals surface area contributed by atoms with Gasteiger partial charge in [-0.3, -0.25) is 4.79 Å². The molecule has 1 aliphatic heterocycles. The molecule has 1 amide bonds. The van der Waals surface area contributed by atoms with Gasteiger partial charge in [-0.1, -0.05) is 36.4 Å². The number of nitrogens with one attached hydrogen (secondary N) is 1. The molecule has 1 N–H and O–H groups in total. The van der Waals surface area contributed by atoms with Gasteiger partial charge in [-0.05, 0) is 68.7 Å². The number of ether oxygens (including phenoxy) is 2. The van der Waals surface area contributed by atoms with Gasteiger partial charge in [0.2, 0.25) is 0 Å². The lowest BCUT2D eigenvalue weighted by molar-refractivity contribution is -0.128. The van der Waals surface area contributed by atoms with E-state index in [4.69, 9.17) is 9.47 Å². The van der Waals surface area contributed by atoms with Crippen molar-refractivity contribution in [3.05, 3.63) is 71.4 Å². The standard InChI is InChI=1S/C28H35N3O3/c1-3-33-26-11-10-23(19-27(26)34-4-2)12-15-30-21-25(20-29)28(32)31-16-13-24(14-17-31)18-22-8-6-5-7-9-22/h5-11,19,21,24,30H,3-4,12-18H2,1-2H3/b25-21-. The smallest absolute Gasteiger partial charge is 0.265 e. The summed E-state index contributed by atoms with van der Waals surface area (Å²) in [5.74, 6) is 1.87. The number of likely N-dealkylation sites (tertiary alicyclic amines) is 1. The predicted octanol–water partition coefficient (Wildman–Crippen LogP) is 4.50. The fourth-order valence-corrected chi connectivity index (χ4v) is 4.24. The van der Waals surface area contributed by atoms with Crippen LogP contribution in [0.25, 0.3) is 0 Å². The van der Waals surface area contributed by atoms with Crippen LogP contribution in [0.4, 0.5) is 0 Å². The summed E-state index contributed by atoms with van der Waals surface area (Å²) < 4.78 is 11.3. The van der Waals surface area contributed by atoms with Crippen LogP contribution in [0.3, 0.4) is 0 Å². The third-order valence-corrected chi connectivity index (χ3v) is 6.03. The molecular weight excluding hydrogens is 426 g/mol. The first-order valence-corrected chi connectivity index (χ1v) is 12.2. The van der Waals surface area contributed by atoms with Crippen LogP contribution in [0.1, 0.15) is 37.8 Å². The number of rotatable bonds is 11. The van der Waals surface area contributed by atoms with E-state index >= 15 is 0 Å². The zero-order valence-electron chi connectivity index (χ0n) is 20.3. The molecule has 0 aromatic heterocycles. The summed E-state index contributed by atoms with van der Waals surface area (Å²) in [6.07, 6.45) is 5.26. The quantitative estimate of drug-likeness (QED) is 0.303. The van der Waals surface area contributed by atoms with Crippen LogP contribution in [-0.2, 0) is 17.6 Å². The van der Waals surface area contributed by atoms with Gasteiger partial charge in [-0.2, -0.15) is 5.26 Å². The molecular formula is C28H35N3O3. The van der Waals surface area contributed by atoms with Gasteiger partial charge in [0.1, 0.15) is 11.6 Å². The van der Waals surface area contributed by atoms with E-state index in [-0.39, 0.29) is 11.5 Å². The molecule has 0 bridgehead atoms. The Kier molecular flexibility index (Phi) is 9.84. The van der Waals surface area contributed by atoms with Gasteiger partial charge in [0.15, 0.2) is 11.5 Å². The minimum atomic E-state index is -0.187. The van der Waals surface area contributed by atoms with Gasteiger partial charge in [0, 0.05) is 25.8 Å². The Balaban J connectivity index is 1.47. The zero-order valence-corrected chi connectivity index (χ0v) is 20.3. The number of amides is 1. The second-order valence-corrected chi connectivity index (χ2v) is 8.45. The second-order valence-electron chi connectivity index (χ2n) is 8.45. The molecule has 0 unspecified atom stereocenters. The molecule has 0 aliphatic carbocycles. The summed E-state index contributed by atoms with van der Waals surface area (Å²) in [6.45, 7) is 7.05. The van der Waals surface area contributed by atoms with E-state index in [9.17, 15) is 10.1 Å². The molecule has 6 heteroatoms. The van der Waals surface area contributed by atoms with E-state index in [0.717, 1.165) is 42.7 Å². The average Bonchev–Trinajstić information content (AvgIpc) is 2.86. The van der Waals surface area contributed by atoms with Crippen molar-refractivity contribution in [3.8, 4) is 17.6 Å². The fraction of sp³-hybridized carbons (Fsp3) is 0.429. The lowest BCUT2D eigenvalue weighted by Gasteiger charge is -2.32. The van der Waals surface area contributed by atoms with Crippen LogP contribution < -0.4 is 14.8 Å². The minimum absolute atomic E-state index is 0.156. The Morgan fingerprint density at radius 1 is 1.06 bits per heavy atom. The lowest BCUT2D eigenvalue weighted by Crippen LogP contribution is -2.39. The maximum atomic E-state index is 12.8. The van der Waals surface area contributed by atoms with Gasteiger partial charge in [0.05, 0.1) is 13.2 Å². The summed E-state index contributed by atoms with van der Waals surface area (Å²) in [5, 5.41) is 12.7. The highest BCUT2D eigenvalue weighted by molar-refractivity contribution is 5.97. The van der Waals surface area contributed by atoms with Crippen molar-refractivity contribution in [2.24, 2.45) is 5.92 Å². The minimum Gasteiger partial charge on any atom is -0.490 e. The number of piperidine rings is 1. The van der Waals surface area contributed by atoms with Crippen molar-refractivity contribution < 1.29 is 14.3 Å². The van der Waals surface area contributed by atoms with Crippen LogP contribution in [0.15, 0.2) is 60.3 Å². The molecule has 1 saturated heterocycles. The molecule has 2 aromatic carbocycles. The molecule has 1 heterocycles. The molecule has 6 nitrogen and oxygen atoms in total. The Morgan fingerprint density at radius 2 is 1.76 bits per heavy atom. The van der Waals surface area contributed by atoms with Crippen molar-refractivity contribution in [1.82, 2.24) is 10.2 Å². The van der Waals surface area contributed by atoms with Gasteiger partial charge >= 0.3 is 0 Å². The molecule has 1 fully saturated rings. The zero-order chi connectivity index (χ0) is 24.2. The third-order valence-electron chi connectivity index (χ3n) is 6.03.